The van der Waals surface area contributed by atoms with Crippen molar-refractivity contribution in [1.82, 2.24) is 4.57 Å². The van der Waals surface area contributed by atoms with Crippen LogP contribution in [0, 0.1) is 0 Å². The molecule has 1 atom stereocenters. The second-order valence-electron chi connectivity index (χ2n) is 5.04. The first-order valence-electron chi connectivity index (χ1n) is 6.31. The quantitative estimate of drug-likeness (QED) is 0.808. The predicted octanol–water partition coefficient (Wildman–Crippen LogP) is 2.50. The molecule has 4 nitrogen and oxygen atoms in total. The molecular formula is C14H10F3NO3S. The Morgan fingerprint density at radius 3 is 2.41 bits per heavy atom. The standard InChI is InChI=1S/C14H10F3NO3S/c15-14(16,17)10-3-1-9-2-4-13(19)18(12(9)7-10)11-5-6-22(20,21)8-11/h1-7,11H,8H2/t11-/m1/s1. The topological polar surface area (TPSA) is 56.1 Å². The van der Waals surface area contributed by atoms with Crippen molar-refractivity contribution >= 4 is 20.7 Å². The number of halogens is 3. The SMILES string of the molecule is O=c1ccc2ccc(C(F)(F)F)cc2n1[C@@H]1C=CS(=O)(=O)C1. The van der Waals surface area contributed by atoms with Gasteiger partial charge in [0.25, 0.3) is 5.56 Å². The van der Waals surface area contributed by atoms with Crippen molar-refractivity contribution in [1.29, 1.82) is 0 Å². The number of aromatic nitrogens is 1. The number of sulfone groups is 1. The molecule has 2 heterocycles. The van der Waals surface area contributed by atoms with Crippen molar-refractivity contribution < 1.29 is 21.6 Å². The highest BCUT2D eigenvalue weighted by Crippen LogP contribution is 2.32. The number of alkyl halides is 3. The van der Waals surface area contributed by atoms with E-state index in [1.165, 1.54) is 24.3 Å². The molecule has 0 bridgehead atoms. The summed E-state index contributed by atoms with van der Waals surface area (Å²) in [5.41, 5.74) is -1.36. The lowest BCUT2D eigenvalue weighted by molar-refractivity contribution is -0.137. The number of pyridine rings is 1. The number of nitrogens with zero attached hydrogens (tertiary/aromatic N) is 1. The van der Waals surface area contributed by atoms with E-state index in [2.05, 4.69) is 0 Å². The Balaban J connectivity index is 2.27. The minimum absolute atomic E-state index is 0.0640. The van der Waals surface area contributed by atoms with Gasteiger partial charge < -0.3 is 4.57 Å². The van der Waals surface area contributed by atoms with Crippen molar-refractivity contribution in [2.24, 2.45) is 0 Å². The molecule has 0 amide bonds. The van der Waals surface area contributed by atoms with Crippen LogP contribution in [0.2, 0.25) is 0 Å². The highest BCUT2D eigenvalue weighted by molar-refractivity contribution is 7.94. The zero-order valence-corrected chi connectivity index (χ0v) is 11.9. The van der Waals surface area contributed by atoms with Gasteiger partial charge in [-0.3, -0.25) is 4.79 Å². The van der Waals surface area contributed by atoms with Gasteiger partial charge in [0, 0.05) is 11.5 Å². The summed E-state index contributed by atoms with van der Waals surface area (Å²) in [5, 5.41) is 1.42. The Hall–Kier alpha value is -2.09. The number of hydrogen-bond acceptors (Lipinski definition) is 3. The molecule has 1 aromatic carbocycles. The molecule has 0 saturated carbocycles. The fourth-order valence-electron chi connectivity index (χ4n) is 2.49. The predicted molar refractivity (Wildman–Crippen MR) is 75.2 cm³/mol. The average Bonchev–Trinajstić information content (AvgIpc) is 2.76. The monoisotopic (exact) mass is 329 g/mol. The first-order chi connectivity index (χ1) is 10.2. The van der Waals surface area contributed by atoms with Crippen molar-refractivity contribution in [3.8, 4) is 0 Å². The zero-order valence-electron chi connectivity index (χ0n) is 11.0. The summed E-state index contributed by atoms with van der Waals surface area (Å²) >= 11 is 0. The molecule has 116 valence electrons. The Morgan fingerprint density at radius 2 is 1.82 bits per heavy atom. The largest absolute Gasteiger partial charge is 0.416 e. The molecule has 0 fully saturated rings. The minimum atomic E-state index is -4.54. The third-order valence-corrected chi connectivity index (χ3v) is 4.88. The van der Waals surface area contributed by atoms with E-state index in [0.717, 1.165) is 22.1 Å². The van der Waals surface area contributed by atoms with E-state index in [1.807, 2.05) is 0 Å². The lowest BCUT2D eigenvalue weighted by Gasteiger charge is -2.16. The number of rotatable bonds is 1. The van der Waals surface area contributed by atoms with Crippen LogP contribution in [0.4, 0.5) is 13.2 Å². The average molecular weight is 329 g/mol. The summed E-state index contributed by atoms with van der Waals surface area (Å²) in [6.45, 7) is 0. The number of hydrogen-bond donors (Lipinski definition) is 0. The minimum Gasteiger partial charge on any atom is -0.300 e. The molecule has 0 saturated heterocycles. The number of fused-ring (bicyclic) bond motifs is 1. The summed E-state index contributed by atoms with van der Waals surface area (Å²) < 4.78 is 62.7. The number of allylic oxidation sites excluding steroid dienone is 1. The van der Waals surface area contributed by atoms with Crippen molar-refractivity contribution in [2.75, 3.05) is 5.75 Å². The molecule has 22 heavy (non-hydrogen) atoms. The van der Waals surface area contributed by atoms with Gasteiger partial charge in [0.2, 0.25) is 0 Å². The van der Waals surface area contributed by atoms with Crippen LogP contribution in [-0.2, 0) is 16.0 Å². The molecule has 0 radical (unpaired) electrons. The van der Waals surface area contributed by atoms with Crippen LogP contribution in [0.15, 0.2) is 46.6 Å². The van der Waals surface area contributed by atoms with Crippen LogP contribution in [0.3, 0.4) is 0 Å². The molecule has 0 aliphatic carbocycles. The van der Waals surface area contributed by atoms with E-state index in [-0.39, 0.29) is 11.3 Å². The van der Waals surface area contributed by atoms with E-state index >= 15 is 0 Å². The van der Waals surface area contributed by atoms with Gasteiger partial charge in [-0.2, -0.15) is 13.2 Å². The van der Waals surface area contributed by atoms with E-state index in [4.69, 9.17) is 0 Å². The van der Waals surface area contributed by atoms with Crippen LogP contribution in [0.25, 0.3) is 10.9 Å². The molecule has 3 rings (SSSR count). The summed E-state index contributed by atoms with van der Waals surface area (Å²) in [4.78, 5) is 12.0. The molecule has 8 heteroatoms. The van der Waals surface area contributed by atoms with Crippen LogP contribution in [-0.4, -0.2) is 18.7 Å². The van der Waals surface area contributed by atoms with Crippen molar-refractivity contribution in [3.05, 3.63) is 57.7 Å². The molecule has 0 spiro atoms. The Labute approximate surface area is 123 Å². The Morgan fingerprint density at radius 1 is 1.14 bits per heavy atom. The summed E-state index contributed by atoms with van der Waals surface area (Å²) in [6, 6.07) is 4.90. The maximum Gasteiger partial charge on any atom is 0.416 e. The first kappa shape index (κ1) is 14.8. The summed E-state index contributed by atoms with van der Waals surface area (Å²) in [5.74, 6) is -0.331. The van der Waals surface area contributed by atoms with Gasteiger partial charge in [-0.05, 0) is 29.7 Å². The number of benzene rings is 1. The van der Waals surface area contributed by atoms with Crippen LogP contribution < -0.4 is 5.56 Å². The molecule has 0 unspecified atom stereocenters. The van der Waals surface area contributed by atoms with Gasteiger partial charge >= 0.3 is 6.18 Å². The van der Waals surface area contributed by atoms with Crippen LogP contribution >= 0.6 is 0 Å². The second kappa shape index (κ2) is 4.70. The van der Waals surface area contributed by atoms with Crippen LogP contribution in [0.1, 0.15) is 11.6 Å². The van der Waals surface area contributed by atoms with Gasteiger partial charge in [0.15, 0.2) is 9.84 Å². The van der Waals surface area contributed by atoms with Gasteiger partial charge in [-0.1, -0.05) is 6.07 Å². The maximum absolute atomic E-state index is 12.9. The Kier molecular flexibility index (Phi) is 3.17. The van der Waals surface area contributed by atoms with Gasteiger partial charge in [-0.25, -0.2) is 8.42 Å². The third-order valence-electron chi connectivity index (χ3n) is 3.50. The highest BCUT2D eigenvalue weighted by atomic mass is 32.2. The van der Waals surface area contributed by atoms with E-state index in [1.54, 1.807) is 0 Å². The summed E-state index contributed by atoms with van der Waals surface area (Å²) in [7, 11) is -3.43. The normalized spacial score (nSPS) is 20.6. The second-order valence-corrected chi connectivity index (χ2v) is 6.97. The van der Waals surface area contributed by atoms with E-state index < -0.39 is 33.2 Å². The fourth-order valence-corrected chi connectivity index (χ4v) is 3.76. The van der Waals surface area contributed by atoms with E-state index in [9.17, 15) is 26.4 Å². The van der Waals surface area contributed by atoms with Crippen molar-refractivity contribution in [2.45, 2.75) is 12.2 Å². The maximum atomic E-state index is 12.9. The van der Waals surface area contributed by atoms with Gasteiger partial charge in [0.1, 0.15) is 0 Å². The molecule has 1 aliphatic heterocycles. The smallest absolute Gasteiger partial charge is 0.300 e. The fraction of sp³-hybridized carbons (Fsp3) is 0.214. The lowest BCUT2D eigenvalue weighted by Crippen LogP contribution is -2.25. The van der Waals surface area contributed by atoms with Crippen molar-refractivity contribution in [3.63, 3.8) is 0 Å². The molecule has 1 aliphatic rings. The third kappa shape index (κ3) is 2.54. The Bertz CT molecular complexity index is 942. The zero-order chi connectivity index (χ0) is 16.1. The molecule has 0 N–H and O–H groups in total. The van der Waals surface area contributed by atoms with Gasteiger partial charge in [0.05, 0.1) is 22.9 Å². The molecular weight excluding hydrogens is 319 g/mol. The lowest BCUT2D eigenvalue weighted by atomic mass is 10.1. The molecule has 1 aromatic heterocycles. The molecule has 2 aromatic rings. The summed E-state index contributed by atoms with van der Waals surface area (Å²) in [6.07, 6.45) is -3.22. The van der Waals surface area contributed by atoms with E-state index in [0.29, 0.717) is 5.39 Å². The van der Waals surface area contributed by atoms with Crippen LogP contribution in [0.5, 0.6) is 0 Å². The first-order valence-corrected chi connectivity index (χ1v) is 8.02. The highest BCUT2D eigenvalue weighted by Gasteiger charge is 2.31. The van der Waals surface area contributed by atoms with Gasteiger partial charge in [-0.15, -0.1) is 0 Å².